The number of hydrogen-bond donors (Lipinski definition) is 1. The van der Waals surface area contributed by atoms with Gasteiger partial charge in [-0.1, -0.05) is 37.6 Å². The van der Waals surface area contributed by atoms with E-state index >= 15 is 0 Å². The molecule has 0 aliphatic carbocycles. The monoisotopic (exact) mass is 381 g/mol. The zero-order chi connectivity index (χ0) is 14.5. The van der Waals surface area contributed by atoms with Crippen molar-refractivity contribution in [3.05, 3.63) is 50.5 Å². The van der Waals surface area contributed by atoms with E-state index in [0.29, 0.717) is 0 Å². The molecule has 20 heavy (non-hydrogen) atoms. The van der Waals surface area contributed by atoms with Gasteiger partial charge < -0.3 is 5.32 Å². The van der Waals surface area contributed by atoms with Gasteiger partial charge in [0.15, 0.2) is 0 Å². The second-order valence-electron chi connectivity index (χ2n) is 4.85. The maximum atomic E-state index is 4.75. The molecule has 1 heterocycles. The number of anilines is 1. The lowest BCUT2D eigenvalue weighted by Gasteiger charge is -2.11. The Kier molecular flexibility index (Phi) is 5.34. The summed E-state index contributed by atoms with van der Waals surface area (Å²) in [6.07, 6.45) is 2.88. The van der Waals surface area contributed by atoms with Crippen LogP contribution in [-0.2, 0) is 12.8 Å². The highest BCUT2D eigenvalue weighted by Gasteiger charge is 2.11. The van der Waals surface area contributed by atoms with Crippen molar-refractivity contribution in [2.24, 2.45) is 0 Å². The highest BCUT2D eigenvalue weighted by atomic mass is 127. The number of hydrogen-bond acceptors (Lipinski definition) is 3. The topological polar surface area (TPSA) is 37.8 Å². The van der Waals surface area contributed by atoms with E-state index in [1.54, 1.807) is 0 Å². The normalized spacial score (nSPS) is 10.6. The van der Waals surface area contributed by atoms with E-state index in [-0.39, 0.29) is 0 Å². The van der Waals surface area contributed by atoms with Crippen LogP contribution in [0.2, 0.25) is 0 Å². The van der Waals surface area contributed by atoms with Gasteiger partial charge in [0.1, 0.15) is 11.6 Å². The molecule has 0 unspecified atom stereocenters. The summed E-state index contributed by atoms with van der Waals surface area (Å²) in [7, 11) is 1.91. The lowest BCUT2D eigenvalue weighted by molar-refractivity contribution is 0.833. The summed E-state index contributed by atoms with van der Waals surface area (Å²) in [5.41, 5.74) is 3.73. The van der Waals surface area contributed by atoms with Crippen LogP contribution in [0.25, 0.3) is 0 Å². The Bertz CT molecular complexity index is 596. The van der Waals surface area contributed by atoms with Gasteiger partial charge in [0, 0.05) is 13.5 Å². The summed E-state index contributed by atoms with van der Waals surface area (Å²) in [4.78, 5) is 9.39. The number of rotatable bonds is 5. The Balaban J connectivity index is 2.37. The molecule has 0 aliphatic heterocycles. The van der Waals surface area contributed by atoms with Crippen LogP contribution in [0.5, 0.6) is 0 Å². The Morgan fingerprint density at radius 1 is 1.20 bits per heavy atom. The van der Waals surface area contributed by atoms with Crippen molar-refractivity contribution in [2.45, 2.75) is 33.1 Å². The minimum absolute atomic E-state index is 0.787. The van der Waals surface area contributed by atoms with E-state index < -0.39 is 0 Å². The van der Waals surface area contributed by atoms with Crippen molar-refractivity contribution in [1.82, 2.24) is 9.97 Å². The molecule has 106 valence electrons. The predicted molar refractivity (Wildman–Crippen MR) is 92.3 cm³/mol. The van der Waals surface area contributed by atoms with Gasteiger partial charge in [0.2, 0.25) is 0 Å². The molecule has 0 saturated heterocycles. The summed E-state index contributed by atoms with van der Waals surface area (Å²) in [5.74, 6) is 1.83. The molecule has 0 aliphatic rings. The molecule has 2 rings (SSSR count). The van der Waals surface area contributed by atoms with Gasteiger partial charge in [-0.3, -0.25) is 0 Å². The first-order valence-corrected chi connectivity index (χ1v) is 8.01. The van der Waals surface area contributed by atoms with Crippen LogP contribution in [0.3, 0.4) is 0 Å². The smallest absolute Gasteiger partial charge is 0.143 e. The fraction of sp³-hybridized carbons (Fsp3) is 0.375. The van der Waals surface area contributed by atoms with Crippen LogP contribution >= 0.6 is 22.6 Å². The van der Waals surface area contributed by atoms with E-state index in [4.69, 9.17) is 4.98 Å². The van der Waals surface area contributed by atoms with Gasteiger partial charge in [-0.15, -0.1) is 0 Å². The second kappa shape index (κ2) is 7.02. The fourth-order valence-electron chi connectivity index (χ4n) is 2.17. The minimum Gasteiger partial charge on any atom is -0.372 e. The molecule has 0 spiro atoms. The van der Waals surface area contributed by atoms with Crippen molar-refractivity contribution in [2.75, 3.05) is 12.4 Å². The highest BCUT2D eigenvalue weighted by molar-refractivity contribution is 14.1. The van der Waals surface area contributed by atoms with Gasteiger partial charge in [-0.2, -0.15) is 0 Å². The number of benzene rings is 1. The summed E-state index contributed by atoms with van der Waals surface area (Å²) in [6.45, 7) is 4.31. The average Bonchev–Trinajstić information content (AvgIpc) is 2.45. The molecule has 0 amide bonds. The van der Waals surface area contributed by atoms with E-state index in [1.165, 1.54) is 11.1 Å². The first-order valence-electron chi connectivity index (χ1n) is 6.93. The number of aromatic nitrogens is 2. The first-order chi connectivity index (χ1) is 9.65. The van der Waals surface area contributed by atoms with Gasteiger partial charge in [0.05, 0.1) is 9.26 Å². The Morgan fingerprint density at radius 3 is 2.60 bits per heavy atom. The third-order valence-corrected chi connectivity index (χ3v) is 4.43. The molecular formula is C16H20IN3. The lowest BCUT2D eigenvalue weighted by Crippen LogP contribution is -2.08. The standard InChI is InChI=1S/C16H20IN3/c1-4-7-13-15(17)16(18-3)20-14(19-13)10-12-9-6-5-8-11(12)2/h5-6,8-9H,4,7,10H2,1-3H3,(H,18,19,20). The van der Waals surface area contributed by atoms with Crippen LogP contribution in [0, 0.1) is 10.5 Å². The maximum Gasteiger partial charge on any atom is 0.143 e. The van der Waals surface area contributed by atoms with E-state index in [0.717, 1.165) is 40.2 Å². The number of nitrogens with one attached hydrogen (secondary N) is 1. The minimum atomic E-state index is 0.787. The Hall–Kier alpha value is -1.17. The lowest BCUT2D eigenvalue weighted by atomic mass is 10.1. The fourth-order valence-corrected chi connectivity index (χ4v) is 2.95. The predicted octanol–water partition coefficient (Wildman–Crippen LogP) is 3.97. The Morgan fingerprint density at radius 2 is 1.95 bits per heavy atom. The third kappa shape index (κ3) is 3.48. The van der Waals surface area contributed by atoms with Crippen molar-refractivity contribution in [3.8, 4) is 0 Å². The van der Waals surface area contributed by atoms with Gasteiger partial charge in [-0.05, 0) is 47.1 Å². The number of halogens is 1. The molecular weight excluding hydrogens is 361 g/mol. The average molecular weight is 381 g/mol. The molecule has 0 radical (unpaired) electrons. The molecule has 2 aromatic rings. The largest absolute Gasteiger partial charge is 0.372 e. The summed E-state index contributed by atoms with van der Waals surface area (Å²) in [5, 5.41) is 3.18. The van der Waals surface area contributed by atoms with Gasteiger partial charge >= 0.3 is 0 Å². The van der Waals surface area contributed by atoms with Gasteiger partial charge in [0.25, 0.3) is 0 Å². The number of aryl methyl sites for hydroxylation is 2. The van der Waals surface area contributed by atoms with Crippen LogP contribution in [0.4, 0.5) is 5.82 Å². The molecule has 0 atom stereocenters. The van der Waals surface area contributed by atoms with Crippen LogP contribution in [0.1, 0.15) is 36.0 Å². The van der Waals surface area contributed by atoms with E-state index in [2.05, 4.69) is 71.0 Å². The SMILES string of the molecule is CCCc1nc(Cc2ccccc2C)nc(NC)c1I. The third-order valence-electron chi connectivity index (χ3n) is 3.30. The van der Waals surface area contributed by atoms with Crippen molar-refractivity contribution >= 4 is 28.4 Å². The van der Waals surface area contributed by atoms with Crippen LogP contribution in [-0.4, -0.2) is 17.0 Å². The molecule has 3 nitrogen and oxygen atoms in total. The molecule has 4 heteroatoms. The van der Waals surface area contributed by atoms with Crippen molar-refractivity contribution in [3.63, 3.8) is 0 Å². The molecule has 0 saturated carbocycles. The van der Waals surface area contributed by atoms with E-state index in [9.17, 15) is 0 Å². The molecule has 1 N–H and O–H groups in total. The summed E-state index contributed by atoms with van der Waals surface area (Å²) < 4.78 is 1.14. The highest BCUT2D eigenvalue weighted by Crippen LogP contribution is 2.21. The van der Waals surface area contributed by atoms with Crippen LogP contribution in [0.15, 0.2) is 24.3 Å². The summed E-state index contributed by atoms with van der Waals surface area (Å²) >= 11 is 2.33. The van der Waals surface area contributed by atoms with Gasteiger partial charge in [-0.25, -0.2) is 9.97 Å². The maximum absolute atomic E-state index is 4.75. The van der Waals surface area contributed by atoms with Crippen molar-refractivity contribution in [1.29, 1.82) is 0 Å². The zero-order valence-corrected chi connectivity index (χ0v) is 14.4. The Labute approximate surface area is 134 Å². The first kappa shape index (κ1) is 15.2. The molecule has 0 bridgehead atoms. The van der Waals surface area contributed by atoms with Crippen LogP contribution < -0.4 is 5.32 Å². The summed E-state index contributed by atoms with van der Waals surface area (Å²) in [6, 6.07) is 8.42. The van der Waals surface area contributed by atoms with Crippen molar-refractivity contribution < 1.29 is 0 Å². The van der Waals surface area contributed by atoms with E-state index in [1.807, 2.05) is 7.05 Å². The molecule has 0 fully saturated rings. The number of nitrogens with zero attached hydrogens (tertiary/aromatic N) is 2. The quantitative estimate of drug-likeness (QED) is 0.797. The molecule has 1 aromatic heterocycles. The zero-order valence-electron chi connectivity index (χ0n) is 12.2. The second-order valence-corrected chi connectivity index (χ2v) is 5.93. The molecule has 1 aromatic carbocycles.